The van der Waals surface area contributed by atoms with Crippen molar-refractivity contribution in [1.29, 1.82) is 0 Å². The zero-order valence-electron chi connectivity index (χ0n) is 21.0. The van der Waals surface area contributed by atoms with E-state index in [0.717, 1.165) is 27.1 Å². The molecule has 0 amide bonds. The van der Waals surface area contributed by atoms with Crippen molar-refractivity contribution in [2.45, 2.75) is 23.9 Å². The van der Waals surface area contributed by atoms with Crippen molar-refractivity contribution in [2.24, 2.45) is 5.14 Å². The van der Waals surface area contributed by atoms with Crippen LogP contribution in [0.25, 0.3) is 27.5 Å². The Labute approximate surface area is 236 Å². The number of thiazole rings is 1. The van der Waals surface area contributed by atoms with E-state index in [1.165, 1.54) is 29.6 Å². The summed E-state index contributed by atoms with van der Waals surface area (Å²) < 4.78 is 66.3. The minimum absolute atomic E-state index is 0.0294. The van der Waals surface area contributed by atoms with Crippen molar-refractivity contribution >= 4 is 27.3 Å². The van der Waals surface area contributed by atoms with E-state index in [2.05, 4.69) is 10.1 Å². The third kappa shape index (κ3) is 6.37. The molecule has 2 aromatic heterocycles. The first-order valence-corrected chi connectivity index (χ1v) is 14.5. The first-order valence-electron chi connectivity index (χ1n) is 12.0. The average Bonchev–Trinajstić information content (AvgIpc) is 3.54. The number of carbonyl (C=O) groups is 1. The summed E-state index contributed by atoms with van der Waals surface area (Å²) in [5.74, 6) is -1.32. The lowest BCUT2D eigenvalue weighted by atomic mass is 9.95. The number of halogens is 3. The van der Waals surface area contributed by atoms with E-state index >= 15 is 0 Å². The SMILES string of the molecule is NS(=O)(=O)c1ccc(Cc2c(-c3cccc(-c4ccccc4)c3)nn(-c3nc(C(=O)O)cs3)c2CC(F)(F)F)cc1. The van der Waals surface area contributed by atoms with Crippen molar-refractivity contribution in [3.8, 4) is 27.5 Å². The van der Waals surface area contributed by atoms with E-state index in [4.69, 9.17) is 5.14 Å². The van der Waals surface area contributed by atoms with Crippen LogP contribution in [0.4, 0.5) is 13.2 Å². The highest BCUT2D eigenvalue weighted by molar-refractivity contribution is 7.89. The van der Waals surface area contributed by atoms with Crippen LogP contribution in [-0.4, -0.2) is 40.4 Å². The molecule has 0 aliphatic heterocycles. The van der Waals surface area contributed by atoms with Crippen LogP contribution in [0.5, 0.6) is 0 Å². The maximum absolute atomic E-state index is 13.9. The minimum Gasteiger partial charge on any atom is -0.476 e. The average molecular weight is 599 g/mol. The Bertz CT molecular complexity index is 1830. The largest absolute Gasteiger partial charge is 0.476 e. The third-order valence-corrected chi connectivity index (χ3v) is 7.97. The van der Waals surface area contributed by atoms with E-state index in [9.17, 15) is 31.5 Å². The summed E-state index contributed by atoms with van der Waals surface area (Å²) in [5.41, 5.74) is 2.75. The highest BCUT2D eigenvalue weighted by Crippen LogP contribution is 2.36. The molecule has 0 aliphatic carbocycles. The molecule has 3 aromatic carbocycles. The summed E-state index contributed by atoms with van der Waals surface area (Å²) in [7, 11) is -3.96. The quantitative estimate of drug-likeness (QED) is 0.236. The molecule has 8 nitrogen and oxygen atoms in total. The molecule has 0 saturated carbocycles. The third-order valence-electron chi connectivity index (χ3n) is 6.23. The number of aromatic nitrogens is 3. The second-order valence-electron chi connectivity index (χ2n) is 9.11. The first-order chi connectivity index (χ1) is 19.4. The van der Waals surface area contributed by atoms with Gasteiger partial charge in [0.1, 0.15) is 0 Å². The van der Waals surface area contributed by atoms with Crippen LogP contribution in [0.15, 0.2) is 89.1 Å². The van der Waals surface area contributed by atoms with Gasteiger partial charge in [-0.3, -0.25) is 0 Å². The Morgan fingerprint density at radius 3 is 2.22 bits per heavy atom. The monoisotopic (exact) mass is 598 g/mol. The maximum atomic E-state index is 13.9. The number of sulfonamides is 1. The van der Waals surface area contributed by atoms with Crippen LogP contribution in [0.3, 0.4) is 0 Å². The number of alkyl halides is 3. The summed E-state index contributed by atoms with van der Waals surface area (Å²) in [6, 6.07) is 22.2. The van der Waals surface area contributed by atoms with Crippen LogP contribution in [0.1, 0.15) is 27.3 Å². The Morgan fingerprint density at radius 1 is 0.951 bits per heavy atom. The number of primary sulfonamides is 1. The Hall–Kier alpha value is -4.33. The van der Waals surface area contributed by atoms with Gasteiger partial charge in [0.05, 0.1) is 22.7 Å². The van der Waals surface area contributed by atoms with Crippen LogP contribution >= 0.6 is 11.3 Å². The topological polar surface area (TPSA) is 128 Å². The van der Waals surface area contributed by atoms with Gasteiger partial charge in [0, 0.05) is 22.9 Å². The van der Waals surface area contributed by atoms with Crippen LogP contribution in [0.2, 0.25) is 0 Å². The molecule has 41 heavy (non-hydrogen) atoms. The zero-order chi connectivity index (χ0) is 29.4. The molecule has 13 heteroatoms. The van der Waals surface area contributed by atoms with Crippen LogP contribution in [0, 0.1) is 0 Å². The molecule has 0 radical (unpaired) electrons. The molecule has 0 fully saturated rings. The fourth-order valence-electron chi connectivity index (χ4n) is 4.37. The summed E-state index contributed by atoms with van der Waals surface area (Å²) in [5, 5.41) is 20.3. The minimum atomic E-state index is -4.62. The van der Waals surface area contributed by atoms with E-state index in [1.807, 2.05) is 42.5 Å². The van der Waals surface area contributed by atoms with Crippen molar-refractivity contribution in [2.75, 3.05) is 0 Å². The van der Waals surface area contributed by atoms with E-state index in [1.54, 1.807) is 12.1 Å². The zero-order valence-corrected chi connectivity index (χ0v) is 22.7. The van der Waals surface area contributed by atoms with Gasteiger partial charge >= 0.3 is 12.1 Å². The van der Waals surface area contributed by atoms with Gasteiger partial charge in [0.2, 0.25) is 15.2 Å². The number of benzene rings is 3. The van der Waals surface area contributed by atoms with Gasteiger partial charge in [-0.25, -0.2) is 28.0 Å². The summed E-state index contributed by atoms with van der Waals surface area (Å²) >= 11 is 0.860. The summed E-state index contributed by atoms with van der Waals surface area (Å²) in [6.07, 6.45) is -6.01. The predicted octanol–water partition coefficient (Wildman–Crippen LogP) is 5.70. The lowest BCUT2D eigenvalue weighted by Gasteiger charge is -2.12. The molecular formula is C28H21F3N4O4S2. The highest BCUT2D eigenvalue weighted by Gasteiger charge is 2.34. The Balaban J connectivity index is 1.71. The second-order valence-corrected chi connectivity index (χ2v) is 11.5. The van der Waals surface area contributed by atoms with E-state index in [-0.39, 0.29) is 39.1 Å². The standard InChI is InChI=1S/C28H21F3N4O4S2/c29-28(30,31)15-24-22(13-17-9-11-21(12-10-17)41(32,38)39)25(34-35(24)27-33-23(16-40-27)26(36)37)20-8-4-7-19(14-20)18-5-2-1-3-6-18/h1-12,14,16H,13,15H2,(H,36,37)(H2,32,38,39). The van der Waals surface area contributed by atoms with E-state index in [0.29, 0.717) is 11.1 Å². The van der Waals surface area contributed by atoms with Crippen LogP contribution < -0.4 is 5.14 Å². The first kappa shape index (κ1) is 28.2. The highest BCUT2D eigenvalue weighted by atomic mass is 32.2. The van der Waals surface area contributed by atoms with Gasteiger partial charge in [0.15, 0.2) is 5.69 Å². The molecule has 0 spiro atoms. The normalized spacial score (nSPS) is 12.0. The van der Waals surface area contributed by atoms with Gasteiger partial charge < -0.3 is 5.11 Å². The number of nitrogens with zero attached hydrogens (tertiary/aromatic N) is 3. The van der Waals surface area contributed by atoms with E-state index < -0.39 is 28.6 Å². The molecule has 5 rings (SSSR count). The second kappa shape index (κ2) is 10.9. The van der Waals surface area contributed by atoms with Gasteiger partial charge in [-0.15, -0.1) is 11.3 Å². The van der Waals surface area contributed by atoms with Gasteiger partial charge in [-0.1, -0.05) is 60.7 Å². The fourth-order valence-corrected chi connectivity index (χ4v) is 5.66. The van der Waals surface area contributed by atoms with Crippen molar-refractivity contribution in [3.63, 3.8) is 0 Å². The predicted molar refractivity (Wildman–Crippen MR) is 147 cm³/mol. The lowest BCUT2D eigenvalue weighted by molar-refractivity contribution is -0.128. The molecule has 0 bridgehead atoms. The summed E-state index contributed by atoms with van der Waals surface area (Å²) in [4.78, 5) is 15.3. The van der Waals surface area contributed by atoms with Crippen LogP contribution in [-0.2, 0) is 22.9 Å². The smallest absolute Gasteiger partial charge is 0.394 e. The number of aromatic carboxylic acids is 1. The molecule has 2 heterocycles. The number of nitrogens with two attached hydrogens (primary N) is 1. The van der Waals surface area contributed by atoms with Crippen molar-refractivity contribution in [3.05, 3.63) is 107 Å². The molecule has 0 saturated heterocycles. The Kier molecular flexibility index (Phi) is 7.51. The molecule has 0 aliphatic rings. The number of rotatable bonds is 8. The molecule has 0 atom stereocenters. The molecular weight excluding hydrogens is 577 g/mol. The number of hydrogen-bond donors (Lipinski definition) is 2. The number of carboxylic acids is 1. The maximum Gasteiger partial charge on any atom is 0.394 e. The lowest BCUT2D eigenvalue weighted by Crippen LogP contribution is -2.17. The molecule has 0 unspecified atom stereocenters. The molecule has 3 N–H and O–H groups in total. The van der Waals surface area contributed by atoms with Gasteiger partial charge in [-0.05, 0) is 34.9 Å². The number of hydrogen-bond acceptors (Lipinski definition) is 6. The number of carboxylic acid groups (broad SMARTS) is 1. The molecule has 210 valence electrons. The van der Waals surface area contributed by atoms with Crippen molar-refractivity contribution < 1.29 is 31.5 Å². The Morgan fingerprint density at radius 2 is 1.61 bits per heavy atom. The molecule has 5 aromatic rings. The van der Waals surface area contributed by atoms with Gasteiger partial charge in [-0.2, -0.15) is 18.3 Å². The summed E-state index contributed by atoms with van der Waals surface area (Å²) in [6.45, 7) is 0. The van der Waals surface area contributed by atoms with Gasteiger partial charge in [0.25, 0.3) is 0 Å². The fraction of sp³-hybridized carbons (Fsp3) is 0.107. The van der Waals surface area contributed by atoms with Crippen molar-refractivity contribution in [1.82, 2.24) is 14.8 Å².